The minimum Gasteiger partial charge on any atom is -0.508 e. The van der Waals surface area contributed by atoms with Crippen LogP contribution in [0.5, 0.6) is 11.5 Å². The number of fused-ring (bicyclic) bond motifs is 1. The van der Waals surface area contributed by atoms with Gasteiger partial charge < -0.3 is 14.6 Å². The summed E-state index contributed by atoms with van der Waals surface area (Å²) in [6, 6.07) is 10.9. The van der Waals surface area contributed by atoms with E-state index in [1.54, 1.807) is 18.2 Å². The molecule has 2 aromatic carbocycles. The van der Waals surface area contributed by atoms with Crippen LogP contribution in [0.1, 0.15) is 47.8 Å². The van der Waals surface area contributed by atoms with E-state index in [4.69, 9.17) is 9.47 Å². The zero-order chi connectivity index (χ0) is 18.2. The van der Waals surface area contributed by atoms with Crippen LogP contribution in [0.15, 0.2) is 36.4 Å². The number of hydrogen-bond donors (Lipinski definition) is 1. The highest BCUT2D eigenvalue weighted by Crippen LogP contribution is 2.36. The number of carbonyl (C=O) groups excluding carboxylic acids is 1. The first-order valence-electron chi connectivity index (χ1n) is 8.19. The number of carbonyl (C=O) groups is 1. The Kier molecular flexibility index (Phi) is 4.29. The number of hydrogen-bond acceptors (Lipinski definition) is 4. The molecular formula is C21H22O4. The van der Waals surface area contributed by atoms with E-state index in [0.717, 1.165) is 22.3 Å². The molecule has 4 heteroatoms. The van der Waals surface area contributed by atoms with Crippen LogP contribution in [0.25, 0.3) is 11.6 Å². The van der Waals surface area contributed by atoms with Crippen molar-refractivity contribution in [2.45, 2.75) is 26.2 Å². The second kappa shape index (κ2) is 6.28. The first-order chi connectivity index (χ1) is 11.8. The average molecular weight is 338 g/mol. The second-order valence-electron chi connectivity index (χ2n) is 7.18. The summed E-state index contributed by atoms with van der Waals surface area (Å²) < 4.78 is 10.6. The van der Waals surface area contributed by atoms with Gasteiger partial charge in [-0.1, -0.05) is 32.9 Å². The molecule has 0 bridgehead atoms. The van der Waals surface area contributed by atoms with Crippen LogP contribution in [0.2, 0.25) is 0 Å². The molecule has 0 aliphatic carbocycles. The number of ether oxygens (including phenoxy) is 2. The van der Waals surface area contributed by atoms with Gasteiger partial charge in [-0.3, -0.25) is 0 Å². The van der Waals surface area contributed by atoms with E-state index in [9.17, 15) is 9.90 Å². The Labute approximate surface area is 147 Å². The van der Waals surface area contributed by atoms with E-state index in [2.05, 4.69) is 26.8 Å². The molecule has 1 heterocycles. The maximum absolute atomic E-state index is 11.6. The highest BCUT2D eigenvalue weighted by molar-refractivity contribution is 5.92. The highest BCUT2D eigenvalue weighted by Gasteiger charge is 2.21. The zero-order valence-electron chi connectivity index (χ0n) is 14.9. The lowest BCUT2D eigenvalue weighted by Gasteiger charge is -2.23. The lowest BCUT2D eigenvalue weighted by molar-refractivity contribution is 0.0600. The number of phenolic OH excluding ortho intramolecular Hbond substituents is 1. The molecule has 1 aliphatic heterocycles. The summed E-state index contributed by atoms with van der Waals surface area (Å²) in [5.41, 5.74) is 4.19. The normalized spacial score (nSPS) is 13.5. The highest BCUT2D eigenvalue weighted by atomic mass is 16.5. The SMILES string of the molecule is COC(=O)c1ccc2c(c1)OCC(c1ccc(O)c(C(C)(C)C)c1)=C2. The number of phenols is 1. The number of aromatic hydroxyl groups is 1. The fourth-order valence-electron chi connectivity index (χ4n) is 2.91. The molecule has 1 aliphatic rings. The molecule has 25 heavy (non-hydrogen) atoms. The molecule has 0 amide bonds. The zero-order valence-corrected chi connectivity index (χ0v) is 14.9. The Morgan fingerprint density at radius 2 is 1.92 bits per heavy atom. The fourth-order valence-corrected chi connectivity index (χ4v) is 2.91. The Morgan fingerprint density at radius 3 is 2.60 bits per heavy atom. The van der Waals surface area contributed by atoms with Gasteiger partial charge in [0, 0.05) is 5.56 Å². The van der Waals surface area contributed by atoms with Crippen LogP contribution < -0.4 is 4.74 Å². The Morgan fingerprint density at radius 1 is 1.16 bits per heavy atom. The number of rotatable bonds is 2. The molecule has 0 fully saturated rings. The number of methoxy groups -OCH3 is 1. The smallest absolute Gasteiger partial charge is 0.337 e. The van der Waals surface area contributed by atoms with Gasteiger partial charge >= 0.3 is 5.97 Å². The van der Waals surface area contributed by atoms with Crippen molar-refractivity contribution in [3.05, 3.63) is 58.7 Å². The van der Waals surface area contributed by atoms with Crippen molar-refractivity contribution in [3.8, 4) is 11.5 Å². The molecular weight excluding hydrogens is 316 g/mol. The molecule has 1 N–H and O–H groups in total. The summed E-state index contributed by atoms with van der Waals surface area (Å²) in [6.45, 7) is 6.62. The molecule has 0 saturated heterocycles. The quantitative estimate of drug-likeness (QED) is 0.824. The molecule has 0 atom stereocenters. The van der Waals surface area contributed by atoms with Crippen LogP contribution in [-0.4, -0.2) is 24.8 Å². The number of benzene rings is 2. The van der Waals surface area contributed by atoms with Crippen molar-refractivity contribution in [2.24, 2.45) is 0 Å². The van der Waals surface area contributed by atoms with Crippen molar-refractivity contribution in [1.82, 2.24) is 0 Å². The summed E-state index contributed by atoms with van der Waals surface area (Å²) in [6.07, 6.45) is 2.05. The third kappa shape index (κ3) is 3.38. The molecule has 4 nitrogen and oxygen atoms in total. The topological polar surface area (TPSA) is 55.8 Å². The van der Waals surface area contributed by atoms with Crippen molar-refractivity contribution in [1.29, 1.82) is 0 Å². The van der Waals surface area contributed by atoms with E-state index < -0.39 is 0 Å². The van der Waals surface area contributed by atoms with Gasteiger partial charge in [-0.25, -0.2) is 4.79 Å². The molecule has 0 saturated carbocycles. The van der Waals surface area contributed by atoms with Crippen molar-refractivity contribution >= 4 is 17.6 Å². The lowest BCUT2D eigenvalue weighted by Crippen LogP contribution is -2.13. The van der Waals surface area contributed by atoms with E-state index in [1.165, 1.54) is 7.11 Å². The first kappa shape index (κ1) is 17.1. The van der Waals surface area contributed by atoms with Crippen LogP contribution in [0.3, 0.4) is 0 Å². The van der Waals surface area contributed by atoms with E-state index in [0.29, 0.717) is 23.7 Å². The Balaban J connectivity index is 1.98. The van der Waals surface area contributed by atoms with Crippen LogP contribution >= 0.6 is 0 Å². The third-order valence-electron chi connectivity index (χ3n) is 4.32. The lowest BCUT2D eigenvalue weighted by atomic mass is 9.84. The summed E-state index contributed by atoms with van der Waals surface area (Å²) in [7, 11) is 1.36. The summed E-state index contributed by atoms with van der Waals surface area (Å²) >= 11 is 0. The van der Waals surface area contributed by atoms with Crippen LogP contribution in [-0.2, 0) is 10.2 Å². The maximum atomic E-state index is 11.6. The molecule has 2 aromatic rings. The largest absolute Gasteiger partial charge is 0.508 e. The fraction of sp³-hybridized carbons (Fsp3) is 0.286. The summed E-state index contributed by atoms with van der Waals surface area (Å²) in [5, 5.41) is 10.1. The maximum Gasteiger partial charge on any atom is 0.337 e. The van der Waals surface area contributed by atoms with Gasteiger partial charge in [0.1, 0.15) is 18.1 Å². The first-order valence-corrected chi connectivity index (χ1v) is 8.19. The van der Waals surface area contributed by atoms with Gasteiger partial charge in [0.2, 0.25) is 0 Å². The van der Waals surface area contributed by atoms with Crippen molar-refractivity contribution in [3.63, 3.8) is 0 Å². The van der Waals surface area contributed by atoms with Crippen LogP contribution in [0.4, 0.5) is 0 Å². The van der Waals surface area contributed by atoms with Gasteiger partial charge in [-0.15, -0.1) is 0 Å². The summed E-state index contributed by atoms with van der Waals surface area (Å²) in [5.74, 6) is 0.590. The molecule has 0 aromatic heterocycles. The molecule has 0 radical (unpaired) electrons. The minimum absolute atomic E-state index is 0.149. The second-order valence-corrected chi connectivity index (χ2v) is 7.18. The summed E-state index contributed by atoms with van der Waals surface area (Å²) in [4.78, 5) is 11.6. The van der Waals surface area contributed by atoms with Gasteiger partial charge in [0.05, 0.1) is 12.7 Å². The predicted octanol–water partition coefficient (Wildman–Crippen LogP) is 4.41. The monoisotopic (exact) mass is 338 g/mol. The van der Waals surface area contributed by atoms with Crippen molar-refractivity contribution in [2.75, 3.05) is 13.7 Å². The molecule has 0 unspecified atom stereocenters. The Bertz CT molecular complexity index is 857. The standard InChI is InChI=1S/C21H22O4/c1-21(2,3)17-10-13(7-8-18(17)22)16-9-14-5-6-15(20(23)24-4)11-19(14)25-12-16/h5-11,22H,12H2,1-4H3. The van der Waals surface area contributed by atoms with Crippen molar-refractivity contribution < 1.29 is 19.4 Å². The molecule has 130 valence electrons. The van der Waals surface area contributed by atoms with E-state index >= 15 is 0 Å². The number of esters is 1. The van der Waals surface area contributed by atoms with Gasteiger partial charge in [0.15, 0.2) is 0 Å². The molecule has 3 rings (SSSR count). The predicted molar refractivity (Wildman–Crippen MR) is 98.0 cm³/mol. The van der Waals surface area contributed by atoms with Gasteiger partial charge in [0.25, 0.3) is 0 Å². The minimum atomic E-state index is -0.380. The third-order valence-corrected chi connectivity index (χ3v) is 4.32. The molecule has 0 spiro atoms. The average Bonchev–Trinajstić information content (AvgIpc) is 2.59. The van der Waals surface area contributed by atoms with Gasteiger partial charge in [-0.05, 0) is 52.5 Å². The van der Waals surface area contributed by atoms with E-state index in [-0.39, 0.29) is 11.4 Å². The van der Waals surface area contributed by atoms with E-state index in [1.807, 2.05) is 18.2 Å². The Hall–Kier alpha value is -2.75. The van der Waals surface area contributed by atoms with Crippen LogP contribution in [0, 0.1) is 0 Å². The van der Waals surface area contributed by atoms with Gasteiger partial charge in [-0.2, -0.15) is 0 Å².